The van der Waals surface area contributed by atoms with Crippen molar-refractivity contribution in [3.8, 4) is 0 Å². The molecule has 0 spiro atoms. The van der Waals surface area contributed by atoms with Gasteiger partial charge in [0.1, 0.15) is 0 Å². The summed E-state index contributed by atoms with van der Waals surface area (Å²) in [5, 5.41) is 3.88. The van der Waals surface area contributed by atoms with E-state index in [1.165, 1.54) is 4.31 Å². The Morgan fingerprint density at radius 2 is 1.69 bits per heavy atom. The van der Waals surface area contributed by atoms with Gasteiger partial charge in [0.05, 0.1) is 27.8 Å². The molecule has 1 heterocycles. The van der Waals surface area contributed by atoms with E-state index in [0.717, 1.165) is 16.7 Å². The maximum atomic E-state index is 13.4. The number of carbonyl (C=O) groups excluding carboxylic acids is 1. The molecule has 1 N–H and O–H groups in total. The number of aryl methyl sites for hydroxylation is 1. The topological polar surface area (TPSA) is 66.5 Å². The molecular formula is C27H28Cl2N2O3S. The lowest BCUT2D eigenvalue weighted by molar-refractivity contribution is -0.126. The molecule has 1 aliphatic heterocycles. The minimum atomic E-state index is -3.62. The van der Waals surface area contributed by atoms with Gasteiger partial charge >= 0.3 is 0 Å². The van der Waals surface area contributed by atoms with Crippen LogP contribution < -0.4 is 5.32 Å². The Kier molecular flexibility index (Phi) is 8.17. The summed E-state index contributed by atoms with van der Waals surface area (Å²) in [6.07, 6.45) is 1.26. The monoisotopic (exact) mass is 530 g/mol. The van der Waals surface area contributed by atoms with E-state index in [1.54, 1.807) is 18.2 Å². The van der Waals surface area contributed by atoms with Crippen LogP contribution in [-0.4, -0.2) is 31.7 Å². The van der Waals surface area contributed by atoms with Crippen molar-refractivity contribution in [2.45, 2.75) is 31.6 Å². The minimum Gasteiger partial charge on any atom is -0.345 e. The standard InChI is InChI=1S/C27H28Cl2N2O3S/c1-19-9-12-22(13-10-19)26(21-6-3-2-4-7-21)30-27(32)23-8-5-15-31(17-23)35(33,34)18-20-11-14-24(28)25(29)16-20/h2-4,6-7,9-14,16,23,26H,5,8,15,17-18H2,1H3,(H,30,32)/t23-,26+/m1/s1. The normalized spacial score (nSPS) is 17.6. The van der Waals surface area contributed by atoms with Crippen LogP contribution in [0.4, 0.5) is 0 Å². The second kappa shape index (κ2) is 11.1. The highest BCUT2D eigenvalue weighted by atomic mass is 35.5. The van der Waals surface area contributed by atoms with Crippen molar-refractivity contribution >= 4 is 39.1 Å². The third-order valence-corrected chi connectivity index (χ3v) is 8.87. The van der Waals surface area contributed by atoms with Gasteiger partial charge in [0.15, 0.2) is 0 Å². The number of halogens is 2. The Hall–Kier alpha value is -2.38. The predicted octanol–water partition coefficient (Wildman–Crippen LogP) is 5.75. The van der Waals surface area contributed by atoms with Crippen LogP contribution in [0.2, 0.25) is 10.0 Å². The number of piperidine rings is 1. The number of benzene rings is 3. The van der Waals surface area contributed by atoms with Gasteiger partial charge in [-0.2, -0.15) is 0 Å². The second-order valence-electron chi connectivity index (χ2n) is 8.96. The Bertz CT molecular complexity index is 1280. The number of nitrogens with zero attached hydrogens (tertiary/aromatic N) is 1. The highest BCUT2D eigenvalue weighted by Gasteiger charge is 2.33. The van der Waals surface area contributed by atoms with Crippen LogP contribution in [0.1, 0.15) is 41.1 Å². The van der Waals surface area contributed by atoms with Crippen LogP contribution in [0.3, 0.4) is 0 Å². The van der Waals surface area contributed by atoms with E-state index in [2.05, 4.69) is 5.32 Å². The van der Waals surface area contributed by atoms with Gasteiger partial charge in [0, 0.05) is 13.1 Å². The molecule has 0 bridgehead atoms. The highest BCUT2D eigenvalue weighted by Crippen LogP contribution is 2.28. The molecule has 0 aromatic heterocycles. The predicted molar refractivity (Wildman–Crippen MR) is 141 cm³/mol. The first-order chi connectivity index (χ1) is 16.7. The van der Waals surface area contributed by atoms with Crippen molar-refractivity contribution in [2.24, 2.45) is 5.92 Å². The van der Waals surface area contributed by atoms with Crippen LogP contribution >= 0.6 is 23.2 Å². The summed E-state index contributed by atoms with van der Waals surface area (Å²) in [6.45, 7) is 2.58. The van der Waals surface area contributed by atoms with Gasteiger partial charge < -0.3 is 5.32 Å². The summed E-state index contributed by atoms with van der Waals surface area (Å²) >= 11 is 12.0. The number of nitrogens with one attached hydrogen (secondary N) is 1. The summed E-state index contributed by atoms with van der Waals surface area (Å²) in [5.74, 6) is -0.758. The summed E-state index contributed by atoms with van der Waals surface area (Å²) in [7, 11) is -3.62. The molecule has 3 aromatic carbocycles. The molecule has 4 rings (SSSR count). The van der Waals surface area contributed by atoms with Crippen molar-refractivity contribution in [2.75, 3.05) is 13.1 Å². The Labute approximate surface area is 217 Å². The maximum absolute atomic E-state index is 13.4. The highest BCUT2D eigenvalue weighted by molar-refractivity contribution is 7.88. The molecule has 2 atom stereocenters. The van der Waals surface area contributed by atoms with Crippen molar-refractivity contribution < 1.29 is 13.2 Å². The van der Waals surface area contributed by atoms with Crippen LogP contribution in [0.5, 0.6) is 0 Å². The van der Waals surface area contributed by atoms with E-state index in [0.29, 0.717) is 35.0 Å². The zero-order chi connectivity index (χ0) is 25.0. The van der Waals surface area contributed by atoms with E-state index in [4.69, 9.17) is 23.2 Å². The number of hydrogen-bond acceptors (Lipinski definition) is 3. The molecule has 1 amide bonds. The average Bonchev–Trinajstić information content (AvgIpc) is 2.86. The van der Waals surface area contributed by atoms with E-state index >= 15 is 0 Å². The Balaban J connectivity index is 1.49. The first kappa shape index (κ1) is 25.7. The molecule has 0 aliphatic carbocycles. The third-order valence-electron chi connectivity index (χ3n) is 6.31. The molecule has 8 heteroatoms. The first-order valence-electron chi connectivity index (χ1n) is 11.6. The SMILES string of the molecule is Cc1ccc([C@@H](NC(=O)[C@@H]2CCCN(S(=O)(=O)Cc3ccc(Cl)c(Cl)c3)C2)c2ccccc2)cc1. The van der Waals surface area contributed by atoms with Crippen LogP contribution in [0, 0.1) is 12.8 Å². The summed E-state index contributed by atoms with van der Waals surface area (Å²) in [5.41, 5.74) is 3.66. The van der Waals surface area contributed by atoms with Gasteiger partial charge in [0.25, 0.3) is 0 Å². The van der Waals surface area contributed by atoms with Crippen molar-refractivity contribution in [3.05, 3.63) is 105 Å². The van der Waals surface area contributed by atoms with Crippen LogP contribution in [0.15, 0.2) is 72.8 Å². The molecule has 1 aliphatic rings. The van der Waals surface area contributed by atoms with E-state index in [9.17, 15) is 13.2 Å². The van der Waals surface area contributed by atoms with Gasteiger partial charge in [-0.15, -0.1) is 0 Å². The quantitative estimate of drug-likeness (QED) is 0.422. The molecule has 1 saturated heterocycles. The fourth-order valence-electron chi connectivity index (χ4n) is 4.36. The van der Waals surface area contributed by atoms with Gasteiger partial charge in [-0.05, 0) is 48.6 Å². The van der Waals surface area contributed by atoms with E-state index in [-0.39, 0.29) is 24.2 Å². The zero-order valence-electron chi connectivity index (χ0n) is 19.5. The zero-order valence-corrected chi connectivity index (χ0v) is 21.8. The molecule has 3 aromatic rings. The molecular weight excluding hydrogens is 503 g/mol. The van der Waals surface area contributed by atoms with Gasteiger partial charge in [-0.1, -0.05) is 89.4 Å². The largest absolute Gasteiger partial charge is 0.345 e. The van der Waals surface area contributed by atoms with E-state index < -0.39 is 15.9 Å². The van der Waals surface area contributed by atoms with Crippen molar-refractivity contribution in [3.63, 3.8) is 0 Å². The van der Waals surface area contributed by atoms with Gasteiger partial charge in [-0.3, -0.25) is 4.79 Å². The molecule has 1 fully saturated rings. The lowest BCUT2D eigenvalue weighted by atomic mass is 9.94. The Morgan fingerprint density at radius 1 is 1.00 bits per heavy atom. The summed E-state index contributed by atoms with van der Waals surface area (Å²) in [4.78, 5) is 13.4. The number of amides is 1. The summed E-state index contributed by atoms with van der Waals surface area (Å²) in [6, 6.07) is 22.4. The molecule has 5 nitrogen and oxygen atoms in total. The molecule has 184 valence electrons. The maximum Gasteiger partial charge on any atom is 0.225 e. The smallest absolute Gasteiger partial charge is 0.225 e. The van der Waals surface area contributed by atoms with Gasteiger partial charge in [0.2, 0.25) is 15.9 Å². The fourth-order valence-corrected chi connectivity index (χ4v) is 6.28. The Morgan fingerprint density at radius 3 is 2.37 bits per heavy atom. The number of hydrogen-bond donors (Lipinski definition) is 1. The number of sulfonamides is 1. The fraction of sp³-hybridized carbons (Fsp3) is 0.296. The minimum absolute atomic E-state index is 0.145. The third kappa shape index (κ3) is 6.44. The lowest BCUT2D eigenvalue weighted by Crippen LogP contribution is -2.46. The van der Waals surface area contributed by atoms with Crippen molar-refractivity contribution in [1.29, 1.82) is 0 Å². The molecule has 0 radical (unpaired) electrons. The van der Waals surface area contributed by atoms with Gasteiger partial charge in [-0.25, -0.2) is 12.7 Å². The van der Waals surface area contributed by atoms with E-state index in [1.807, 2.05) is 61.5 Å². The number of rotatable bonds is 7. The lowest BCUT2D eigenvalue weighted by Gasteiger charge is -2.32. The first-order valence-corrected chi connectivity index (χ1v) is 13.9. The summed E-state index contributed by atoms with van der Waals surface area (Å²) < 4.78 is 27.7. The molecule has 35 heavy (non-hydrogen) atoms. The second-order valence-corrected chi connectivity index (χ2v) is 11.7. The molecule has 0 saturated carbocycles. The molecule has 0 unspecified atom stereocenters. The van der Waals surface area contributed by atoms with Crippen LogP contribution in [-0.2, 0) is 20.6 Å². The average molecular weight is 532 g/mol. The number of carbonyl (C=O) groups is 1. The van der Waals surface area contributed by atoms with Crippen LogP contribution in [0.25, 0.3) is 0 Å². The van der Waals surface area contributed by atoms with Crippen molar-refractivity contribution in [1.82, 2.24) is 9.62 Å².